The number of nitrogens with zero attached hydrogens (tertiary/aromatic N) is 3. The van der Waals surface area contributed by atoms with Gasteiger partial charge in [-0.15, -0.1) is 0 Å². The van der Waals surface area contributed by atoms with Gasteiger partial charge in [-0.05, 0) is 30.5 Å². The van der Waals surface area contributed by atoms with Crippen LogP contribution in [0.4, 0.5) is 5.82 Å². The number of ketones is 1. The lowest BCUT2D eigenvalue weighted by molar-refractivity contribution is -0.122. The molecule has 1 aromatic heterocycles. The molecule has 2 heterocycles. The summed E-state index contributed by atoms with van der Waals surface area (Å²) in [6.45, 7) is 0. The summed E-state index contributed by atoms with van der Waals surface area (Å²) < 4.78 is 2.90. The average Bonchev–Trinajstić information content (AvgIpc) is 2.93. The van der Waals surface area contributed by atoms with Crippen molar-refractivity contribution in [2.45, 2.75) is 25.3 Å². The maximum atomic E-state index is 12.5. The molecule has 4 rings (SSSR count). The van der Waals surface area contributed by atoms with Crippen molar-refractivity contribution < 1.29 is 4.79 Å². The molecule has 1 saturated carbocycles. The van der Waals surface area contributed by atoms with Gasteiger partial charge in [-0.25, -0.2) is 9.67 Å². The first-order valence-corrected chi connectivity index (χ1v) is 7.92. The van der Waals surface area contributed by atoms with E-state index >= 15 is 0 Å². The van der Waals surface area contributed by atoms with Gasteiger partial charge in [-0.3, -0.25) is 4.79 Å². The van der Waals surface area contributed by atoms with Crippen molar-refractivity contribution in [3.8, 4) is 0 Å². The molecule has 106 valence electrons. The number of aromatic nitrogens is 2. The van der Waals surface area contributed by atoms with E-state index in [1.807, 2.05) is 22.9 Å². The molecule has 0 bridgehead atoms. The number of hydrogen-bond donors (Lipinski definition) is 0. The molecular weight excluding hydrogens is 330 g/mol. The van der Waals surface area contributed by atoms with E-state index in [1.165, 1.54) is 0 Å². The Bertz CT molecular complexity index is 749. The third-order valence-corrected chi connectivity index (χ3v) is 4.73. The number of benzene rings is 1. The molecule has 21 heavy (non-hydrogen) atoms. The van der Waals surface area contributed by atoms with Crippen molar-refractivity contribution in [1.29, 1.82) is 0 Å². The Hall–Kier alpha value is -1.75. The average molecular weight is 344 g/mol. The topological polar surface area (TPSA) is 47.2 Å². The van der Waals surface area contributed by atoms with Crippen molar-refractivity contribution in [3.05, 3.63) is 46.6 Å². The van der Waals surface area contributed by atoms with Crippen LogP contribution >= 0.6 is 15.9 Å². The van der Waals surface area contributed by atoms with Gasteiger partial charge in [0.05, 0.1) is 18.2 Å². The van der Waals surface area contributed by atoms with Crippen molar-refractivity contribution in [1.82, 2.24) is 9.78 Å². The largest absolute Gasteiger partial charge is 0.299 e. The van der Waals surface area contributed by atoms with Crippen molar-refractivity contribution in [3.63, 3.8) is 0 Å². The molecule has 2 aromatic rings. The zero-order valence-electron chi connectivity index (χ0n) is 11.4. The fraction of sp³-hybridized carbons (Fsp3) is 0.312. The quantitative estimate of drug-likeness (QED) is 0.792. The van der Waals surface area contributed by atoms with Crippen LogP contribution in [0.3, 0.4) is 0 Å². The zero-order valence-corrected chi connectivity index (χ0v) is 13.0. The van der Waals surface area contributed by atoms with Gasteiger partial charge in [-0.1, -0.05) is 28.1 Å². The predicted molar refractivity (Wildman–Crippen MR) is 84.0 cm³/mol. The van der Waals surface area contributed by atoms with Gasteiger partial charge in [0.2, 0.25) is 0 Å². The normalized spacial score (nSPS) is 24.2. The number of fused-ring (bicyclic) bond motifs is 2. The van der Waals surface area contributed by atoms with Gasteiger partial charge in [-0.2, -0.15) is 5.10 Å². The number of rotatable bonds is 1. The highest BCUT2D eigenvalue weighted by Crippen LogP contribution is 2.40. The molecule has 2 unspecified atom stereocenters. The van der Waals surface area contributed by atoms with E-state index in [1.54, 1.807) is 6.20 Å². The smallest absolute Gasteiger partial charge is 0.150 e. The lowest BCUT2D eigenvalue weighted by Gasteiger charge is -2.34. The van der Waals surface area contributed by atoms with Gasteiger partial charge >= 0.3 is 0 Å². The maximum Gasteiger partial charge on any atom is 0.150 e. The molecule has 1 fully saturated rings. The van der Waals surface area contributed by atoms with Gasteiger partial charge in [0.15, 0.2) is 5.82 Å². The van der Waals surface area contributed by atoms with Crippen molar-refractivity contribution in [2.75, 3.05) is 0 Å². The van der Waals surface area contributed by atoms with Crippen LogP contribution < -0.4 is 0 Å². The van der Waals surface area contributed by atoms with Crippen LogP contribution in [0.15, 0.2) is 46.0 Å². The summed E-state index contributed by atoms with van der Waals surface area (Å²) in [5.74, 6) is 0.965. The second kappa shape index (κ2) is 4.91. The zero-order chi connectivity index (χ0) is 14.4. The Morgan fingerprint density at radius 2 is 2.14 bits per heavy atom. The highest BCUT2D eigenvalue weighted by molar-refractivity contribution is 9.10. The molecule has 1 aliphatic carbocycles. The summed E-state index contributed by atoms with van der Waals surface area (Å²) in [6, 6.07) is 9.96. The molecule has 4 nitrogen and oxygen atoms in total. The Morgan fingerprint density at radius 1 is 1.24 bits per heavy atom. The number of carbonyl (C=O) groups is 1. The Kier molecular flexibility index (Phi) is 3.03. The van der Waals surface area contributed by atoms with E-state index in [-0.39, 0.29) is 17.7 Å². The molecule has 0 amide bonds. The van der Waals surface area contributed by atoms with Crippen LogP contribution in [-0.2, 0) is 4.79 Å². The molecule has 2 aliphatic rings. The number of carbonyl (C=O) groups excluding carboxylic acids is 1. The third-order valence-electron chi connectivity index (χ3n) is 4.24. The lowest BCUT2D eigenvalue weighted by atomic mass is 9.77. The molecule has 0 saturated heterocycles. The minimum absolute atomic E-state index is 0.0761. The maximum absolute atomic E-state index is 12.5. The monoisotopic (exact) mass is 343 g/mol. The molecule has 1 aliphatic heterocycles. The standard InChI is InChI=1S/C16H14BrN3O/c17-11-4-1-3-10(9-11)16-15-12(5-2-6-13(15)21)19-14-7-8-18-20(14)16/h1,3-4,7-9,15-16H,2,5-6H2. The summed E-state index contributed by atoms with van der Waals surface area (Å²) in [4.78, 5) is 17.2. The second-order valence-corrected chi connectivity index (χ2v) is 6.45. The van der Waals surface area contributed by atoms with Crippen LogP contribution in [0, 0.1) is 5.92 Å². The fourth-order valence-corrected chi connectivity index (χ4v) is 3.76. The highest BCUT2D eigenvalue weighted by Gasteiger charge is 2.40. The number of hydrogen-bond acceptors (Lipinski definition) is 3. The first kappa shape index (κ1) is 13.0. The molecular formula is C16H14BrN3O. The van der Waals surface area contributed by atoms with E-state index in [4.69, 9.17) is 0 Å². The third kappa shape index (κ3) is 2.07. The van der Waals surface area contributed by atoms with Crippen LogP contribution in [0.5, 0.6) is 0 Å². The van der Waals surface area contributed by atoms with Gasteiger partial charge in [0, 0.05) is 22.7 Å². The summed E-state index contributed by atoms with van der Waals surface area (Å²) in [7, 11) is 0. The number of halogens is 1. The van der Waals surface area contributed by atoms with E-state index in [0.717, 1.165) is 34.4 Å². The van der Waals surface area contributed by atoms with Gasteiger partial charge < -0.3 is 0 Å². The van der Waals surface area contributed by atoms with Gasteiger partial charge in [0.1, 0.15) is 5.78 Å². The van der Waals surface area contributed by atoms with E-state index in [0.29, 0.717) is 6.42 Å². The molecule has 5 heteroatoms. The van der Waals surface area contributed by atoms with E-state index in [2.05, 4.69) is 38.2 Å². The SMILES string of the molecule is O=C1CCCC2=Nc3ccnn3C(c3cccc(Br)c3)C12. The summed E-state index contributed by atoms with van der Waals surface area (Å²) in [5, 5.41) is 4.41. The molecule has 0 N–H and O–H groups in total. The van der Waals surface area contributed by atoms with E-state index < -0.39 is 0 Å². The lowest BCUT2D eigenvalue weighted by Crippen LogP contribution is -2.39. The molecule has 2 atom stereocenters. The second-order valence-electron chi connectivity index (χ2n) is 5.53. The molecule has 1 aromatic carbocycles. The van der Waals surface area contributed by atoms with Gasteiger partial charge in [0.25, 0.3) is 0 Å². The molecule has 0 radical (unpaired) electrons. The first-order chi connectivity index (χ1) is 10.2. The highest BCUT2D eigenvalue weighted by atomic mass is 79.9. The first-order valence-electron chi connectivity index (χ1n) is 7.13. The summed E-state index contributed by atoms with van der Waals surface area (Å²) >= 11 is 3.52. The fourth-order valence-electron chi connectivity index (χ4n) is 3.35. The Labute approximate surface area is 131 Å². The number of Topliss-reactive ketones (excluding diaryl/α,β-unsaturated/α-hetero) is 1. The summed E-state index contributed by atoms with van der Waals surface area (Å²) in [6.07, 6.45) is 4.22. The molecule has 0 spiro atoms. The number of aliphatic imine (C=N–C) groups is 1. The van der Waals surface area contributed by atoms with E-state index in [9.17, 15) is 4.79 Å². The van der Waals surface area contributed by atoms with Crippen LogP contribution in [-0.4, -0.2) is 21.3 Å². The van der Waals surface area contributed by atoms with Crippen LogP contribution in [0.25, 0.3) is 0 Å². The Morgan fingerprint density at radius 3 is 3.00 bits per heavy atom. The van der Waals surface area contributed by atoms with Crippen LogP contribution in [0.1, 0.15) is 30.9 Å². The Balaban J connectivity index is 1.90. The predicted octanol–water partition coefficient (Wildman–Crippen LogP) is 3.69. The minimum atomic E-state index is -0.166. The van der Waals surface area contributed by atoms with Crippen LogP contribution in [0.2, 0.25) is 0 Å². The minimum Gasteiger partial charge on any atom is -0.299 e. The summed E-state index contributed by atoms with van der Waals surface area (Å²) in [5.41, 5.74) is 2.12. The van der Waals surface area contributed by atoms with Crippen molar-refractivity contribution in [2.24, 2.45) is 10.9 Å². The van der Waals surface area contributed by atoms with Crippen molar-refractivity contribution >= 4 is 33.2 Å².